The van der Waals surface area contributed by atoms with E-state index >= 15 is 0 Å². The highest BCUT2D eigenvalue weighted by atomic mass is 35.5. The minimum atomic E-state index is -4.25. The molecule has 0 radical (unpaired) electrons. The summed E-state index contributed by atoms with van der Waals surface area (Å²) in [7, 11) is 2.76. The van der Waals surface area contributed by atoms with Crippen molar-refractivity contribution < 1.29 is 32.2 Å². The van der Waals surface area contributed by atoms with Gasteiger partial charge in [-0.1, -0.05) is 11.6 Å². The molecule has 0 aliphatic heterocycles. The quantitative estimate of drug-likeness (QED) is 0.454. The number of carbonyl (C=O) groups excluding carboxylic acids is 2. The van der Waals surface area contributed by atoms with E-state index in [9.17, 15) is 18.0 Å². The van der Waals surface area contributed by atoms with Gasteiger partial charge >= 0.3 is 5.97 Å². The average molecular weight is 483 g/mol. The molecular formula is C21H23ClN2O7S. The maximum absolute atomic E-state index is 13.2. The monoisotopic (exact) mass is 482 g/mol. The Morgan fingerprint density at radius 2 is 1.75 bits per heavy atom. The molecule has 2 aromatic rings. The van der Waals surface area contributed by atoms with Gasteiger partial charge in [-0.2, -0.15) is 0 Å². The molecule has 0 saturated carbocycles. The van der Waals surface area contributed by atoms with Crippen LogP contribution in [0.3, 0.4) is 0 Å². The van der Waals surface area contributed by atoms with Crippen LogP contribution in [0.2, 0.25) is 5.02 Å². The molecule has 2 aromatic carbocycles. The topological polar surface area (TPSA) is 111 Å². The second-order valence-electron chi connectivity index (χ2n) is 6.61. The van der Waals surface area contributed by atoms with Crippen molar-refractivity contribution >= 4 is 45.3 Å². The molecule has 0 aliphatic carbocycles. The van der Waals surface area contributed by atoms with E-state index in [1.807, 2.05) is 0 Å². The smallest absolute Gasteiger partial charge is 0.330 e. The molecule has 1 amide bonds. The maximum atomic E-state index is 13.2. The van der Waals surface area contributed by atoms with Crippen LogP contribution in [0, 0.1) is 0 Å². The Bertz CT molecular complexity index is 1160. The summed E-state index contributed by atoms with van der Waals surface area (Å²) in [6.45, 7) is 0. The van der Waals surface area contributed by atoms with Crippen LogP contribution in [0.25, 0.3) is 6.08 Å². The lowest BCUT2D eigenvalue weighted by molar-refractivity contribution is -0.134. The summed E-state index contributed by atoms with van der Waals surface area (Å²) in [5, 5.41) is 0.0940. The molecule has 0 spiro atoms. The summed E-state index contributed by atoms with van der Waals surface area (Å²) in [6, 6.07) is 7.05. The van der Waals surface area contributed by atoms with Crippen LogP contribution in [0.4, 0.5) is 5.69 Å². The number of hydrogen-bond donors (Lipinski definition) is 1. The Labute approximate surface area is 191 Å². The highest BCUT2D eigenvalue weighted by molar-refractivity contribution is 7.92. The molecule has 0 fully saturated rings. The molecule has 9 nitrogen and oxygen atoms in total. The third-order valence-electron chi connectivity index (χ3n) is 4.23. The minimum Gasteiger partial charge on any atom is -0.493 e. The van der Waals surface area contributed by atoms with Gasteiger partial charge in [-0.25, -0.2) is 13.2 Å². The van der Waals surface area contributed by atoms with E-state index < -0.39 is 16.0 Å². The molecule has 11 heteroatoms. The summed E-state index contributed by atoms with van der Waals surface area (Å²) < 4.78 is 43.9. The van der Waals surface area contributed by atoms with Gasteiger partial charge in [0.05, 0.1) is 32.0 Å². The van der Waals surface area contributed by atoms with E-state index in [0.29, 0.717) is 5.56 Å². The molecule has 0 unspecified atom stereocenters. The molecule has 0 aromatic heterocycles. The van der Waals surface area contributed by atoms with Gasteiger partial charge in [0.25, 0.3) is 15.9 Å². The number of rotatable bonds is 8. The van der Waals surface area contributed by atoms with Crippen molar-refractivity contribution in [3.8, 4) is 11.5 Å². The van der Waals surface area contributed by atoms with Gasteiger partial charge in [0.2, 0.25) is 0 Å². The van der Waals surface area contributed by atoms with E-state index in [4.69, 9.17) is 21.1 Å². The highest BCUT2D eigenvalue weighted by Gasteiger charge is 2.25. The molecule has 172 valence electrons. The lowest BCUT2D eigenvalue weighted by Crippen LogP contribution is -2.22. The zero-order chi connectivity index (χ0) is 24.1. The summed E-state index contributed by atoms with van der Waals surface area (Å²) in [5.41, 5.74) is 0.600. The molecule has 32 heavy (non-hydrogen) atoms. The lowest BCUT2D eigenvalue weighted by Gasteiger charge is -2.17. The first-order valence-electron chi connectivity index (χ1n) is 9.10. The summed E-state index contributed by atoms with van der Waals surface area (Å²) in [6.07, 6.45) is 2.51. The third-order valence-corrected chi connectivity index (χ3v) is 5.93. The second-order valence-corrected chi connectivity index (χ2v) is 8.67. The van der Waals surface area contributed by atoms with Crippen molar-refractivity contribution in [1.29, 1.82) is 0 Å². The molecule has 0 aliphatic rings. The van der Waals surface area contributed by atoms with Gasteiger partial charge in [-0.3, -0.25) is 9.52 Å². The van der Waals surface area contributed by atoms with Crippen LogP contribution in [-0.4, -0.2) is 60.6 Å². The largest absolute Gasteiger partial charge is 0.493 e. The highest BCUT2D eigenvalue weighted by Crippen LogP contribution is 2.37. The Balaban J connectivity index is 2.58. The van der Waals surface area contributed by atoms with E-state index in [0.717, 1.165) is 6.08 Å². The third kappa shape index (κ3) is 5.71. The van der Waals surface area contributed by atoms with E-state index in [-0.39, 0.29) is 38.6 Å². The molecular weight excluding hydrogens is 460 g/mol. The lowest BCUT2D eigenvalue weighted by atomic mass is 10.2. The molecule has 1 N–H and O–H groups in total. The van der Waals surface area contributed by atoms with Crippen molar-refractivity contribution in [3.63, 3.8) is 0 Å². The van der Waals surface area contributed by atoms with Crippen LogP contribution in [0.15, 0.2) is 41.3 Å². The van der Waals surface area contributed by atoms with Gasteiger partial charge in [-0.05, 0) is 42.0 Å². The number of anilines is 1. The normalized spacial score (nSPS) is 11.2. The van der Waals surface area contributed by atoms with Gasteiger partial charge in [-0.15, -0.1) is 0 Å². The predicted octanol–water partition coefficient (Wildman–Crippen LogP) is 3.05. The first kappa shape index (κ1) is 25.0. The minimum absolute atomic E-state index is 0.0101. The number of esters is 1. The van der Waals surface area contributed by atoms with Crippen molar-refractivity contribution in [3.05, 3.63) is 52.6 Å². The summed E-state index contributed by atoms with van der Waals surface area (Å²) >= 11 is 6.17. The van der Waals surface area contributed by atoms with E-state index in [2.05, 4.69) is 9.46 Å². The number of sulfonamides is 1. The molecule has 0 saturated heterocycles. The number of benzene rings is 2. The Morgan fingerprint density at radius 3 is 2.31 bits per heavy atom. The Kier molecular flexibility index (Phi) is 8.12. The fourth-order valence-electron chi connectivity index (χ4n) is 2.67. The van der Waals surface area contributed by atoms with Crippen molar-refractivity contribution in [2.45, 2.75) is 4.90 Å². The number of methoxy groups -OCH3 is 3. The summed E-state index contributed by atoms with van der Waals surface area (Å²) in [4.78, 5) is 24.8. The van der Waals surface area contributed by atoms with E-state index in [1.165, 1.54) is 62.6 Å². The number of halogens is 1. The molecule has 0 heterocycles. The van der Waals surface area contributed by atoms with Gasteiger partial charge in [0.1, 0.15) is 4.90 Å². The first-order valence-corrected chi connectivity index (χ1v) is 11.0. The van der Waals surface area contributed by atoms with Crippen molar-refractivity contribution in [2.24, 2.45) is 0 Å². The number of nitrogens with one attached hydrogen (secondary N) is 1. The molecule has 0 atom stereocenters. The molecule has 0 bridgehead atoms. The Morgan fingerprint density at radius 1 is 1.06 bits per heavy atom. The SMILES string of the molecule is COC(=O)C=Cc1cc(OC)c(OC)c(S(=O)(=O)Nc2cc(C(=O)N(C)C)ccc2Cl)c1. The number of hydrogen-bond acceptors (Lipinski definition) is 7. The average Bonchev–Trinajstić information content (AvgIpc) is 2.77. The number of amides is 1. The van der Waals surface area contributed by atoms with Crippen molar-refractivity contribution in [2.75, 3.05) is 40.1 Å². The van der Waals surface area contributed by atoms with Crippen molar-refractivity contribution in [1.82, 2.24) is 4.90 Å². The maximum Gasteiger partial charge on any atom is 0.330 e. The van der Waals surface area contributed by atoms with E-state index in [1.54, 1.807) is 14.1 Å². The fourth-order valence-corrected chi connectivity index (χ4v) is 4.18. The number of ether oxygens (including phenoxy) is 3. The number of nitrogens with zero attached hydrogens (tertiary/aromatic N) is 1. The zero-order valence-electron chi connectivity index (χ0n) is 18.1. The van der Waals surface area contributed by atoms with Crippen LogP contribution in [0.1, 0.15) is 15.9 Å². The predicted molar refractivity (Wildman–Crippen MR) is 121 cm³/mol. The van der Waals surface area contributed by atoms with Gasteiger partial charge < -0.3 is 19.1 Å². The molecule has 2 rings (SSSR count). The Hall–Kier alpha value is -3.24. The van der Waals surface area contributed by atoms with Gasteiger partial charge in [0.15, 0.2) is 11.5 Å². The first-order chi connectivity index (χ1) is 15.0. The van der Waals surface area contributed by atoms with Crippen LogP contribution < -0.4 is 14.2 Å². The van der Waals surface area contributed by atoms with Crippen LogP contribution in [0.5, 0.6) is 11.5 Å². The second kappa shape index (κ2) is 10.4. The zero-order valence-corrected chi connectivity index (χ0v) is 19.7. The van der Waals surface area contributed by atoms with Crippen LogP contribution in [-0.2, 0) is 19.6 Å². The standard InChI is InChI=1S/C21H23ClN2O7S/c1-24(2)21(26)14-7-8-15(22)16(12-14)23-32(27,28)18-11-13(6-9-19(25)30-4)10-17(29-3)20(18)31-5/h6-12,23H,1-5H3. The number of carbonyl (C=O) groups is 2. The van der Waals surface area contributed by atoms with Crippen LogP contribution >= 0.6 is 11.6 Å². The summed E-state index contributed by atoms with van der Waals surface area (Å²) in [5.74, 6) is -0.859. The fraction of sp³-hybridized carbons (Fsp3) is 0.238. The van der Waals surface area contributed by atoms with Gasteiger partial charge in [0, 0.05) is 25.7 Å².